The highest BCUT2D eigenvalue weighted by Gasteiger charge is 2.02. The fourth-order valence-corrected chi connectivity index (χ4v) is 2.27. The Hall–Kier alpha value is -1.74. The van der Waals surface area contributed by atoms with Crippen LogP contribution in [0.2, 0.25) is 0 Å². The van der Waals surface area contributed by atoms with Crippen LogP contribution in [-0.2, 0) is 0 Å². The highest BCUT2D eigenvalue weighted by Crippen LogP contribution is 2.27. The number of pyridine rings is 2. The van der Waals surface area contributed by atoms with Crippen molar-refractivity contribution >= 4 is 26.8 Å². The van der Waals surface area contributed by atoms with E-state index in [9.17, 15) is 0 Å². The monoisotopic (exact) mass is 284 g/mol. The van der Waals surface area contributed by atoms with Gasteiger partial charge < -0.3 is 0 Å². The number of nitrogens with zero attached hydrogens (tertiary/aromatic N) is 2. The Morgan fingerprint density at radius 2 is 1.65 bits per heavy atom. The maximum atomic E-state index is 4.33. The Morgan fingerprint density at radius 1 is 0.824 bits per heavy atom. The van der Waals surface area contributed by atoms with Gasteiger partial charge in [0.1, 0.15) is 0 Å². The summed E-state index contributed by atoms with van der Waals surface area (Å²) in [6.07, 6.45) is 5.41. The van der Waals surface area contributed by atoms with Gasteiger partial charge in [0.2, 0.25) is 0 Å². The van der Waals surface area contributed by atoms with Crippen molar-refractivity contribution in [1.29, 1.82) is 0 Å². The molecule has 0 saturated carbocycles. The van der Waals surface area contributed by atoms with E-state index in [4.69, 9.17) is 0 Å². The molecule has 3 heteroatoms. The molecule has 0 amide bonds. The molecule has 3 aromatic rings. The lowest BCUT2D eigenvalue weighted by Crippen LogP contribution is -1.82. The lowest BCUT2D eigenvalue weighted by molar-refractivity contribution is 1.33. The van der Waals surface area contributed by atoms with E-state index >= 15 is 0 Å². The second-order valence-electron chi connectivity index (χ2n) is 3.76. The molecule has 17 heavy (non-hydrogen) atoms. The number of rotatable bonds is 1. The van der Waals surface area contributed by atoms with E-state index in [0.717, 1.165) is 20.9 Å². The van der Waals surface area contributed by atoms with Crippen molar-refractivity contribution in [1.82, 2.24) is 9.97 Å². The first kappa shape index (κ1) is 10.4. The van der Waals surface area contributed by atoms with E-state index in [2.05, 4.69) is 38.0 Å². The van der Waals surface area contributed by atoms with Crippen molar-refractivity contribution in [3.05, 3.63) is 59.5 Å². The Labute approximate surface area is 107 Å². The van der Waals surface area contributed by atoms with Crippen LogP contribution in [0.15, 0.2) is 59.5 Å². The van der Waals surface area contributed by atoms with Crippen LogP contribution in [-0.4, -0.2) is 9.97 Å². The van der Waals surface area contributed by atoms with Crippen LogP contribution < -0.4 is 0 Å². The molecule has 0 saturated heterocycles. The largest absolute Gasteiger partial charge is 0.265 e. The van der Waals surface area contributed by atoms with E-state index in [1.807, 2.05) is 24.3 Å². The third-order valence-corrected chi connectivity index (χ3v) is 3.39. The molecule has 0 aliphatic heterocycles. The minimum atomic E-state index is 0.997. The smallest absolute Gasteiger partial charge is 0.0713 e. The Bertz CT molecular complexity index is 665. The molecule has 0 fully saturated rings. The van der Waals surface area contributed by atoms with Gasteiger partial charge in [-0.2, -0.15) is 0 Å². The van der Waals surface area contributed by atoms with Crippen molar-refractivity contribution in [3.8, 4) is 11.1 Å². The summed E-state index contributed by atoms with van der Waals surface area (Å²) in [6.45, 7) is 0. The zero-order valence-corrected chi connectivity index (χ0v) is 10.6. The number of benzene rings is 1. The average molecular weight is 285 g/mol. The lowest BCUT2D eigenvalue weighted by Gasteiger charge is -2.04. The molecule has 2 nitrogen and oxygen atoms in total. The summed E-state index contributed by atoms with van der Waals surface area (Å²) in [7, 11) is 0. The lowest BCUT2D eigenvalue weighted by atomic mass is 10.0. The highest BCUT2D eigenvalue weighted by molar-refractivity contribution is 9.10. The minimum absolute atomic E-state index is 0.997. The van der Waals surface area contributed by atoms with Crippen LogP contribution in [0.3, 0.4) is 0 Å². The molecular formula is C14H9BrN2. The van der Waals surface area contributed by atoms with Gasteiger partial charge in [-0.1, -0.05) is 22.0 Å². The Kier molecular flexibility index (Phi) is 2.61. The van der Waals surface area contributed by atoms with Crippen molar-refractivity contribution in [3.63, 3.8) is 0 Å². The summed E-state index contributed by atoms with van der Waals surface area (Å²) >= 11 is 3.55. The van der Waals surface area contributed by atoms with Crippen molar-refractivity contribution in [2.24, 2.45) is 0 Å². The van der Waals surface area contributed by atoms with Crippen LogP contribution in [0, 0.1) is 0 Å². The standard InChI is InChI=1S/C14H9BrN2/c15-13-5-8-17-14-2-1-11(9-12(13)14)10-3-6-16-7-4-10/h1-9H. The SMILES string of the molecule is Brc1ccnc2ccc(-c3ccncc3)cc12. The molecule has 0 radical (unpaired) electrons. The van der Waals surface area contributed by atoms with Crippen molar-refractivity contribution < 1.29 is 0 Å². The molecule has 1 aromatic carbocycles. The highest BCUT2D eigenvalue weighted by atomic mass is 79.9. The maximum absolute atomic E-state index is 4.33. The molecule has 82 valence electrons. The Morgan fingerprint density at radius 3 is 2.47 bits per heavy atom. The van der Waals surface area contributed by atoms with Gasteiger partial charge in [0.25, 0.3) is 0 Å². The Balaban J connectivity index is 2.23. The quantitative estimate of drug-likeness (QED) is 0.673. The van der Waals surface area contributed by atoms with Gasteiger partial charge in [-0.25, -0.2) is 0 Å². The topological polar surface area (TPSA) is 25.8 Å². The van der Waals surface area contributed by atoms with Crippen LogP contribution in [0.4, 0.5) is 0 Å². The van der Waals surface area contributed by atoms with Gasteiger partial charge in [0, 0.05) is 28.4 Å². The normalized spacial score (nSPS) is 10.6. The van der Waals surface area contributed by atoms with Gasteiger partial charge >= 0.3 is 0 Å². The summed E-state index contributed by atoms with van der Waals surface area (Å²) in [4.78, 5) is 8.36. The molecule has 2 heterocycles. The van der Waals surface area contributed by atoms with Crippen LogP contribution >= 0.6 is 15.9 Å². The van der Waals surface area contributed by atoms with E-state index in [1.54, 1.807) is 18.6 Å². The van der Waals surface area contributed by atoms with Gasteiger partial charge in [-0.3, -0.25) is 9.97 Å². The third kappa shape index (κ3) is 1.94. The number of hydrogen-bond acceptors (Lipinski definition) is 2. The first-order valence-electron chi connectivity index (χ1n) is 5.29. The zero-order valence-electron chi connectivity index (χ0n) is 8.97. The molecule has 0 unspecified atom stereocenters. The van der Waals surface area contributed by atoms with Gasteiger partial charge in [-0.15, -0.1) is 0 Å². The van der Waals surface area contributed by atoms with E-state index in [1.165, 1.54) is 5.56 Å². The number of hydrogen-bond donors (Lipinski definition) is 0. The summed E-state index contributed by atoms with van der Waals surface area (Å²) in [5, 5.41) is 1.13. The van der Waals surface area contributed by atoms with Crippen LogP contribution in [0.1, 0.15) is 0 Å². The molecule has 2 aromatic heterocycles. The molecule has 0 spiro atoms. The van der Waals surface area contributed by atoms with Gasteiger partial charge in [-0.05, 0) is 41.5 Å². The summed E-state index contributed by atoms with van der Waals surface area (Å²) in [6, 6.07) is 12.2. The summed E-state index contributed by atoms with van der Waals surface area (Å²) in [5.41, 5.74) is 3.34. The fourth-order valence-electron chi connectivity index (χ4n) is 1.84. The van der Waals surface area contributed by atoms with E-state index in [0.29, 0.717) is 0 Å². The predicted octanol–water partition coefficient (Wildman–Crippen LogP) is 4.06. The van der Waals surface area contributed by atoms with Crippen LogP contribution in [0.25, 0.3) is 22.0 Å². The molecule has 0 bridgehead atoms. The molecular weight excluding hydrogens is 276 g/mol. The first-order valence-corrected chi connectivity index (χ1v) is 6.08. The van der Waals surface area contributed by atoms with E-state index in [-0.39, 0.29) is 0 Å². The third-order valence-electron chi connectivity index (χ3n) is 2.70. The first-order chi connectivity index (χ1) is 8.34. The number of fused-ring (bicyclic) bond motifs is 1. The van der Waals surface area contributed by atoms with E-state index < -0.39 is 0 Å². The van der Waals surface area contributed by atoms with Crippen molar-refractivity contribution in [2.75, 3.05) is 0 Å². The molecule has 0 aliphatic rings. The average Bonchev–Trinajstić information content (AvgIpc) is 2.40. The van der Waals surface area contributed by atoms with Gasteiger partial charge in [0.05, 0.1) is 5.52 Å². The fraction of sp³-hybridized carbons (Fsp3) is 0. The van der Waals surface area contributed by atoms with Gasteiger partial charge in [0.15, 0.2) is 0 Å². The molecule has 3 rings (SSSR count). The minimum Gasteiger partial charge on any atom is -0.265 e. The predicted molar refractivity (Wildman–Crippen MR) is 72.7 cm³/mol. The number of aromatic nitrogens is 2. The molecule has 0 atom stereocenters. The summed E-state index contributed by atoms with van der Waals surface area (Å²) in [5.74, 6) is 0. The second kappa shape index (κ2) is 4.26. The molecule has 0 N–H and O–H groups in total. The zero-order chi connectivity index (χ0) is 11.7. The van der Waals surface area contributed by atoms with Crippen LogP contribution in [0.5, 0.6) is 0 Å². The summed E-state index contributed by atoms with van der Waals surface area (Å²) < 4.78 is 1.07. The molecule has 0 aliphatic carbocycles. The maximum Gasteiger partial charge on any atom is 0.0713 e. The second-order valence-corrected chi connectivity index (χ2v) is 4.61. The number of halogens is 1. The van der Waals surface area contributed by atoms with Crippen molar-refractivity contribution in [2.45, 2.75) is 0 Å².